The summed E-state index contributed by atoms with van der Waals surface area (Å²) in [5, 5.41) is 23.0. The molecule has 0 bridgehead atoms. The number of aliphatic imine (C=N–C) groups is 1. The van der Waals surface area contributed by atoms with Crippen LogP contribution in [0.3, 0.4) is 0 Å². The third-order valence-corrected chi connectivity index (χ3v) is 21.8. The van der Waals surface area contributed by atoms with Crippen LogP contribution < -0.4 is 45.1 Å². The third-order valence-electron chi connectivity index (χ3n) is 21.8. The molecule has 120 heavy (non-hydrogen) atoms. The molecule has 0 radical (unpaired) electrons. The van der Waals surface area contributed by atoms with Gasteiger partial charge in [0.05, 0.1) is 174 Å². The lowest BCUT2D eigenvalue weighted by molar-refractivity contribution is -0.140. The number of amides is 9. The van der Waals surface area contributed by atoms with E-state index in [-0.39, 0.29) is 129 Å². The highest BCUT2D eigenvalue weighted by Crippen LogP contribution is 2.44. The molecule has 9 amide bonds. The number of aliphatic hydroxyl groups is 1. The van der Waals surface area contributed by atoms with E-state index in [1.807, 2.05) is 20.0 Å². The number of aliphatic hydroxyl groups excluding tert-OH is 1. The fourth-order valence-electron chi connectivity index (χ4n) is 15.2. The van der Waals surface area contributed by atoms with Gasteiger partial charge in [-0.3, -0.25) is 48.2 Å². The molecule has 1 aliphatic carbocycles. The minimum Gasteiger partial charge on any atom is -0.493 e. The van der Waals surface area contributed by atoms with E-state index in [2.05, 4.69) is 26.3 Å². The molecule has 6 aliphatic rings. The summed E-state index contributed by atoms with van der Waals surface area (Å²) in [6.45, 7) is 15.2. The summed E-state index contributed by atoms with van der Waals surface area (Å²) in [4.78, 5) is 131. The predicted octanol–water partition coefficient (Wildman–Crippen LogP) is 10.1. The smallest absolute Gasteiger partial charge is 0.416 e. The molecule has 662 valence electrons. The maximum absolute atomic E-state index is 14.3. The van der Waals surface area contributed by atoms with Gasteiger partial charge >= 0.3 is 6.09 Å². The average Bonchev–Trinajstić information content (AvgIpc) is 1.46. The van der Waals surface area contributed by atoms with Crippen LogP contribution in [0, 0.1) is 17.8 Å². The average molecular weight is 1680 g/mol. The fourth-order valence-corrected chi connectivity index (χ4v) is 15.2. The van der Waals surface area contributed by atoms with Gasteiger partial charge in [-0.2, -0.15) is 0 Å². The van der Waals surface area contributed by atoms with Crippen LogP contribution in [0.4, 0.5) is 21.9 Å². The van der Waals surface area contributed by atoms with E-state index in [0.717, 1.165) is 48.2 Å². The molecule has 0 aromatic heterocycles. The lowest BCUT2D eigenvalue weighted by atomic mass is 9.82. The number of methoxy groups -OCH3 is 2. The largest absolute Gasteiger partial charge is 0.493 e. The summed E-state index contributed by atoms with van der Waals surface area (Å²) >= 11 is 0. The zero-order valence-electron chi connectivity index (χ0n) is 71.1. The van der Waals surface area contributed by atoms with Gasteiger partial charge in [-0.15, -0.1) is 0 Å². The number of nitrogens with one attached hydrogen (secondary N) is 4. The van der Waals surface area contributed by atoms with E-state index in [1.54, 1.807) is 67.6 Å². The van der Waals surface area contributed by atoms with Crippen molar-refractivity contribution in [1.29, 1.82) is 0 Å². The molecule has 1 saturated heterocycles. The zero-order chi connectivity index (χ0) is 85.6. The van der Waals surface area contributed by atoms with Crippen molar-refractivity contribution in [2.45, 2.75) is 200 Å². The molecule has 5 heterocycles. The number of fused-ring (bicyclic) bond motifs is 4. The molecule has 32 nitrogen and oxygen atoms in total. The molecular weight excluding hydrogens is 1550 g/mol. The van der Waals surface area contributed by atoms with Crippen LogP contribution in [0.1, 0.15) is 189 Å². The normalized spacial score (nSPS) is 18.8. The Morgan fingerprint density at radius 2 is 1.06 bits per heavy atom. The second kappa shape index (κ2) is 51.0. The van der Waals surface area contributed by atoms with Gasteiger partial charge in [0.2, 0.25) is 35.4 Å². The second-order valence-electron chi connectivity index (χ2n) is 31.4. The monoisotopic (exact) mass is 1680 g/mol. The summed E-state index contributed by atoms with van der Waals surface area (Å²) in [5.74, 6) is -1.54. The fraction of sp³-hybridized carbons (Fsp3) is 0.636. The number of ether oxygens (including phenoxy) is 13. The van der Waals surface area contributed by atoms with E-state index < -0.39 is 54.1 Å². The Morgan fingerprint density at radius 3 is 1.62 bits per heavy atom. The number of nitrogens with zero attached hydrogens (tertiary/aromatic N) is 5. The van der Waals surface area contributed by atoms with Crippen LogP contribution in [0.5, 0.6) is 23.0 Å². The maximum Gasteiger partial charge on any atom is 0.416 e. The van der Waals surface area contributed by atoms with Crippen molar-refractivity contribution in [2.24, 2.45) is 22.7 Å². The highest BCUT2D eigenvalue weighted by molar-refractivity contribution is 6.07. The van der Waals surface area contributed by atoms with Crippen LogP contribution >= 0.6 is 0 Å². The van der Waals surface area contributed by atoms with Crippen molar-refractivity contribution in [2.75, 3.05) is 156 Å². The van der Waals surface area contributed by atoms with Crippen molar-refractivity contribution < 1.29 is 110 Å². The van der Waals surface area contributed by atoms with Crippen molar-refractivity contribution in [3.63, 3.8) is 0 Å². The third kappa shape index (κ3) is 29.6. The number of rotatable bonds is 49. The van der Waals surface area contributed by atoms with Gasteiger partial charge in [-0.1, -0.05) is 101 Å². The molecule has 3 aromatic rings. The molecule has 5 aliphatic heterocycles. The molecule has 1 saturated carbocycles. The van der Waals surface area contributed by atoms with Crippen LogP contribution in [0.15, 0.2) is 77.1 Å². The van der Waals surface area contributed by atoms with Crippen LogP contribution in [-0.4, -0.2) is 256 Å². The predicted molar refractivity (Wildman–Crippen MR) is 446 cm³/mol. The molecule has 5 N–H and O–H groups in total. The lowest BCUT2D eigenvalue weighted by Crippen LogP contribution is -2.53. The van der Waals surface area contributed by atoms with Crippen molar-refractivity contribution in [3.8, 4) is 23.0 Å². The Bertz CT molecular complexity index is 3900. The first-order chi connectivity index (χ1) is 58.2. The molecule has 0 spiro atoms. The van der Waals surface area contributed by atoms with Gasteiger partial charge in [0.25, 0.3) is 11.8 Å². The van der Waals surface area contributed by atoms with Crippen LogP contribution in [0.2, 0.25) is 0 Å². The molecule has 9 rings (SSSR count). The van der Waals surface area contributed by atoms with Crippen molar-refractivity contribution in [3.05, 3.63) is 88.8 Å². The van der Waals surface area contributed by atoms with Gasteiger partial charge in [-0.25, -0.2) is 9.69 Å². The number of hydrogen-bond acceptors (Lipinski definition) is 24. The summed E-state index contributed by atoms with van der Waals surface area (Å²) in [5.41, 5.74) is 3.92. The summed E-state index contributed by atoms with van der Waals surface area (Å²) < 4.78 is 74.1. The van der Waals surface area contributed by atoms with E-state index >= 15 is 0 Å². The number of carbonyl (C=O) groups is 9. The summed E-state index contributed by atoms with van der Waals surface area (Å²) in [6, 6.07) is 9.95. The number of likely N-dealkylation sites (tertiary alicyclic amines) is 1. The Balaban J connectivity index is 0.560. The van der Waals surface area contributed by atoms with Crippen LogP contribution in [0.25, 0.3) is 0 Å². The number of anilines is 2. The second-order valence-corrected chi connectivity index (χ2v) is 31.4. The topological polar surface area (TPSA) is 367 Å². The SMILES string of the molecule is COc1cc2c(cc1OCCCCCOc1cc3c(cc1OC)C(=O)N1C=C(C)C[C@H]1[C@H](O)N3C(=O)OCc1ccc(NC(=O)[C@H](C)NC(=O)[C@@H](NC(=O)CCOCCOCCOCCOCCOCCOCCOCCOCCNC(=O)CCN3C(=O)CC(C4CCCCCCCCCCCC4)C3=O)C(C)C)cc1)N=C[C@@H]1CC(C)=CN1C2=O. The standard InChI is InChI=1S/C88H127N9O23/c1-60(2)81(93-79(99)28-33-110-35-37-112-39-41-114-43-45-116-47-48-117-46-44-115-42-40-113-38-36-111-34-29-89-78(98)27-30-94-80(100)53-68(84(94)103)65-21-17-14-12-10-8-9-11-13-15-18-22-65)83(102)91-63(5)82(101)92-66-25-23-64(24-26-66)59-120-88(107)97-72-55-77(75(109-7)52-70(72)86(105)96-58-62(4)50-73(96)87(97)106)119-32-20-16-19-31-118-76-54-71-69(51-74(76)108-6)85(104)95-57-61(3)49-67(95)56-90-71/h23-26,51-52,54-58,60,63,65,67-68,73,81,87,106H,8-22,27-50,53,59H2,1-7H3,(H,89,98)(H,91,102)(H,92,101)(H,93,99)/t63-,67-,68?,73-,81-,87-/m0/s1. The molecule has 1 unspecified atom stereocenters. The zero-order valence-corrected chi connectivity index (χ0v) is 71.1. The van der Waals surface area contributed by atoms with Gasteiger partial charge in [0.1, 0.15) is 18.7 Å². The Morgan fingerprint density at radius 1 is 0.542 bits per heavy atom. The Hall–Kier alpha value is -9.12. The quantitative estimate of drug-likeness (QED) is 0.0259. The lowest BCUT2D eigenvalue weighted by Gasteiger charge is -2.31. The van der Waals surface area contributed by atoms with Crippen molar-refractivity contribution in [1.82, 2.24) is 30.7 Å². The summed E-state index contributed by atoms with van der Waals surface area (Å²) in [6.07, 6.45) is 20.4. The number of carbonyl (C=O) groups excluding carboxylic acids is 9. The van der Waals surface area contributed by atoms with Gasteiger partial charge in [0.15, 0.2) is 29.2 Å². The Labute approximate surface area is 705 Å². The summed E-state index contributed by atoms with van der Waals surface area (Å²) in [7, 11) is 2.96. The Kier molecular flexibility index (Phi) is 40.2. The number of benzene rings is 3. The molecular formula is C88H127N9O23. The van der Waals surface area contributed by atoms with Gasteiger partial charge in [0, 0.05) is 68.8 Å². The van der Waals surface area contributed by atoms with E-state index in [0.29, 0.717) is 159 Å². The molecule has 2 fully saturated rings. The highest BCUT2D eigenvalue weighted by atomic mass is 16.6. The van der Waals surface area contributed by atoms with Gasteiger partial charge < -0.3 is 97.8 Å². The molecule has 6 atom stereocenters. The van der Waals surface area contributed by atoms with E-state index in [1.165, 1.54) is 94.4 Å². The minimum absolute atomic E-state index is 0.0136. The minimum atomic E-state index is -1.53. The van der Waals surface area contributed by atoms with Gasteiger partial charge in [-0.05, 0) is 107 Å². The van der Waals surface area contributed by atoms with Crippen molar-refractivity contribution >= 4 is 76.6 Å². The van der Waals surface area contributed by atoms with Crippen LogP contribution in [-0.2, 0) is 78.0 Å². The highest BCUT2D eigenvalue weighted by Gasteiger charge is 2.46. The van der Waals surface area contributed by atoms with E-state index in [4.69, 9.17) is 61.6 Å². The first kappa shape index (κ1) is 94.7. The van der Waals surface area contributed by atoms with E-state index in [9.17, 15) is 48.3 Å². The maximum atomic E-state index is 14.3. The molecule has 3 aromatic carbocycles. The first-order valence-electron chi connectivity index (χ1n) is 42.8. The first-order valence-corrected chi connectivity index (χ1v) is 42.8. The number of hydrogen-bond donors (Lipinski definition) is 5. The molecule has 32 heteroatoms. The number of imide groups is 1. The number of unbranched alkanes of at least 4 members (excludes halogenated alkanes) is 2.